The van der Waals surface area contributed by atoms with Gasteiger partial charge < -0.3 is 5.32 Å². The molecule has 1 N–H and O–H groups in total. The molecule has 1 aromatic carbocycles. The molecule has 20 heavy (non-hydrogen) atoms. The molecule has 2 rings (SSSR count). The van der Waals surface area contributed by atoms with Gasteiger partial charge in [-0.2, -0.15) is 0 Å². The van der Waals surface area contributed by atoms with Crippen LogP contribution in [-0.4, -0.2) is 12.0 Å². The molecule has 0 fully saturated rings. The number of hydrogen-bond acceptors (Lipinski definition) is 3. The molecule has 2 aromatic rings. The fourth-order valence-corrected chi connectivity index (χ4v) is 3.50. The van der Waals surface area contributed by atoms with E-state index in [0.717, 1.165) is 35.0 Å². The second-order valence-corrected chi connectivity index (χ2v) is 6.95. The Balaban J connectivity index is 2.22. The van der Waals surface area contributed by atoms with Gasteiger partial charge in [0.1, 0.15) is 0 Å². The average Bonchev–Trinajstić information content (AvgIpc) is 2.74. The Morgan fingerprint density at radius 1 is 1.30 bits per heavy atom. The normalized spacial score (nSPS) is 11.2. The molecule has 0 atom stereocenters. The fraction of sp³-hybridized carbons (Fsp3) is 0.438. The molecule has 0 saturated heterocycles. The van der Waals surface area contributed by atoms with Crippen molar-refractivity contribution in [3.8, 4) is 0 Å². The number of nitrogens with zero attached hydrogens (tertiary/aromatic N) is 1. The number of rotatable bonds is 6. The molecule has 0 aliphatic heterocycles. The highest BCUT2D eigenvalue weighted by molar-refractivity contribution is 7.11. The van der Waals surface area contributed by atoms with Crippen LogP contribution >= 0.6 is 22.9 Å². The molecule has 0 bridgehead atoms. The SMILES string of the molecule is CNCc1sc(Cc2ccccc2Cl)nc1CC(C)C. The second-order valence-electron chi connectivity index (χ2n) is 5.37. The summed E-state index contributed by atoms with van der Waals surface area (Å²) >= 11 is 8.03. The van der Waals surface area contributed by atoms with Crippen molar-refractivity contribution in [2.75, 3.05) is 7.05 Å². The first-order chi connectivity index (χ1) is 9.60. The standard InChI is InChI=1S/C16H21ClN2S/c1-11(2)8-14-15(10-18-3)20-16(19-14)9-12-6-4-5-7-13(12)17/h4-7,11,18H,8-10H2,1-3H3. The van der Waals surface area contributed by atoms with Crippen LogP contribution in [0.2, 0.25) is 5.02 Å². The molecule has 0 radical (unpaired) electrons. The van der Waals surface area contributed by atoms with Crippen LogP contribution in [-0.2, 0) is 19.4 Å². The maximum atomic E-state index is 6.23. The van der Waals surface area contributed by atoms with E-state index in [1.54, 1.807) is 11.3 Å². The predicted octanol–water partition coefficient (Wildman–Crippen LogP) is 4.31. The van der Waals surface area contributed by atoms with E-state index in [4.69, 9.17) is 16.6 Å². The highest BCUT2D eigenvalue weighted by Gasteiger charge is 2.13. The van der Waals surface area contributed by atoms with E-state index >= 15 is 0 Å². The van der Waals surface area contributed by atoms with Gasteiger partial charge in [-0.3, -0.25) is 0 Å². The highest BCUT2D eigenvalue weighted by atomic mass is 35.5. The molecule has 4 heteroatoms. The fourth-order valence-electron chi connectivity index (χ4n) is 2.16. The zero-order chi connectivity index (χ0) is 14.5. The monoisotopic (exact) mass is 308 g/mol. The Labute approximate surface area is 130 Å². The van der Waals surface area contributed by atoms with Crippen LogP contribution < -0.4 is 5.32 Å². The van der Waals surface area contributed by atoms with Crippen molar-refractivity contribution < 1.29 is 0 Å². The van der Waals surface area contributed by atoms with Crippen LogP contribution in [0.5, 0.6) is 0 Å². The Morgan fingerprint density at radius 3 is 2.70 bits per heavy atom. The van der Waals surface area contributed by atoms with Crippen LogP contribution in [0, 0.1) is 5.92 Å². The lowest BCUT2D eigenvalue weighted by atomic mass is 10.1. The van der Waals surface area contributed by atoms with Crippen molar-refractivity contribution in [3.63, 3.8) is 0 Å². The van der Waals surface area contributed by atoms with E-state index in [1.807, 2.05) is 25.2 Å². The van der Waals surface area contributed by atoms with E-state index in [-0.39, 0.29) is 0 Å². The van der Waals surface area contributed by atoms with Gasteiger partial charge in [-0.05, 0) is 31.0 Å². The van der Waals surface area contributed by atoms with Gasteiger partial charge in [0.05, 0.1) is 10.7 Å². The first kappa shape index (κ1) is 15.5. The summed E-state index contributed by atoms with van der Waals surface area (Å²) < 4.78 is 0. The molecule has 0 unspecified atom stereocenters. The van der Waals surface area contributed by atoms with Crippen LogP contribution in [0.3, 0.4) is 0 Å². The molecule has 1 aromatic heterocycles. The molecule has 0 saturated carbocycles. The molecular formula is C16H21ClN2S. The summed E-state index contributed by atoms with van der Waals surface area (Å²) in [4.78, 5) is 6.18. The summed E-state index contributed by atoms with van der Waals surface area (Å²) in [7, 11) is 1.98. The summed E-state index contributed by atoms with van der Waals surface area (Å²) in [5.74, 6) is 0.626. The molecule has 0 aliphatic rings. The van der Waals surface area contributed by atoms with Crippen molar-refractivity contribution in [1.82, 2.24) is 10.3 Å². The minimum absolute atomic E-state index is 0.626. The molecule has 0 aliphatic carbocycles. The Bertz CT molecular complexity index is 563. The van der Waals surface area contributed by atoms with E-state index in [1.165, 1.54) is 10.6 Å². The zero-order valence-electron chi connectivity index (χ0n) is 12.2. The van der Waals surface area contributed by atoms with E-state index < -0.39 is 0 Å². The maximum Gasteiger partial charge on any atom is 0.0975 e. The third-order valence-corrected chi connectivity index (χ3v) is 4.53. The first-order valence-electron chi connectivity index (χ1n) is 6.95. The summed E-state index contributed by atoms with van der Waals surface area (Å²) in [5.41, 5.74) is 2.39. The molecule has 1 heterocycles. The largest absolute Gasteiger partial charge is 0.315 e. The van der Waals surface area contributed by atoms with E-state index in [9.17, 15) is 0 Å². The Morgan fingerprint density at radius 2 is 2.05 bits per heavy atom. The van der Waals surface area contributed by atoms with E-state index in [0.29, 0.717) is 5.92 Å². The summed E-state index contributed by atoms with van der Waals surface area (Å²) in [6, 6.07) is 8.00. The van der Waals surface area contributed by atoms with Crippen LogP contribution in [0.4, 0.5) is 0 Å². The number of thiazole rings is 1. The van der Waals surface area contributed by atoms with Gasteiger partial charge in [0.2, 0.25) is 0 Å². The van der Waals surface area contributed by atoms with Crippen molar-refractivity contribution in [2.24, 2.45) is 5.92 Å². The average molecular weight is 309 g/mol. The lowest BCUT2D eigenvalue weighted by Gasteiger charge is -2.04. The quantitative estimate of drug-likeness (QED) is 0.860. The predicted molar refractivity (Wildman–Crippen MR) is 87.7 cm³/mol. The number of nitrogens with one attached hydrogen (secondary N) is 1. The third-order valence-electron chi connectivity index (χ3n) is 3.06. The number of halogens is 1. The molecular weight excluding hydrogens is 288 g/mol. The second kappa shape index (κ2) is 7.21. The van der Waals surface area contributed by atoms with Gasteiger partial charge in [-0.1, -0.05) is 43.6 Å². The molecule has 0 spiro atoms. The topological polar surface area (TPSA) is 24.9 Å². The Kier molecular flexibility index (Phi) is 5.58. The van der Waals surface area contributed by atoms with Crippen LogP contribution in [0.15, 0.2) is 24.3 Å². The number of hydrogen-bond donors (Lipinski definition) is 1. The minimum Gasteiger partial charge on any atom is -0.315 e. The highest BCUT2D eigenvalue weighted by Crippen LogP contribution is 2.25. The molecule has 108 valence electrons. The van der Waals surface area contributed by atoms with E-state index in [2.05, 4.69) is 25.2 Å². The van der Waals surface area contributed by atoms with Crippen molar-refractivity contribution in [2.45, 2.75) is 33.2 Å². The lowest BCUT2D eigenvalue weighted by Crippen LogP contribution is -2.07. The summed E-state index contributed by atoms with van der Waals surface area (Å²) in [6.45, 7) is 5.36. The van der Waals surface area contributed by atoms with Gasteiger partial charge >= 0.3 is 0 Å². The van der Waals surface area contributed by atoms with Crippen LogP contribution in [0.25, 0.3) is 0 Å². The molecule has 2 nitrogen and oxygen atoms in total. The van der Waals surface area contributed by atoms with Gasteiger partial charge in [0.25, 0.3) is 0 Å². The number of benzene rings is 1. The van der Waals surface area contributed by atoms with Crippen molar-refractivity contribution in [3.05, 3.63) is 50.4 Å². The van der Waals surface area contributed by atoms with Gasteiger partial charge in [0.15, 0.2) is 0 Å². The van der Waals surface area contributed by atoms with Crippen molar-refractivity contribution in [1.29, 1.82) is 0 Å². The zero-order valence-corrected chi connectivity index (χ0v) is 13.8. The maximum absolute atomic E-state index is 6.23. The van der Waals surface area contributed by atoms with Crippen molar-refractivity contribution >= 4 is 22.9 Å². The molecule has 0 amide bonds. The Hall–Kier alpha value is -0.900. The summed E-state index contributed by atoms with van der Waals surface area (Å²) in [5, 5.41) is 5.20. The lowest BCUT2D eigenvalue weighted by molar-refractivity contribution is 0.629. The van der Waals surface area contributed by atoms with Gasteiger partial charge in [0, 0.05) is 22.9 Å². The van der Waals surface area contributed by atoms with Gasteiger partial charge in [-0.25, -0.2) is 4.98 Å². The van der Waals surface area contributed by atoms with Crippen LogP contribution in [0.1, 0.15) is 35.0 Å². The third kappa shape index (κ3) is 4.05. The minimum atomic E-state index is 0.626. The smallest absolute Gasteiger partial charge is 0.0975 e. The number of aromatic nitrogens is 1. The first-order valence-corrected chi connectivity index (χ1v) is 8.15. The summed E-state index contributed by atoms with van der Waals surface area (Å²) in [6.07, 6.45) is 1.86. The van der Waals surface area contributed by atoms with Gasteiger partial charge in [-0.15, -0.1) is 11.3 Å².